The molecule has 3 rings (SSSR count). The molecule has 0 aliphatic rings. The van der Waals surface area contributed by atoms with Crippen molar-refractivity contribution in [1.82, 2.24) is 9.97 Å². The minimum absolute atomic E-state index is 0.111. The fourth-order valence-corrected chi connectivity index (χ4v) is 4.76. The first-order valence-corrected chi connectivity index (χ1v) is 18.7. The number of carbonyl (C=O) groups is 2. The second kappa shape index (κ2) is 31.8. The van der Waals surface area contributed by atoms with Gasteiger partial charge in [0, 0.05) is 17.0 Å². The van der Waals surface area contributed by atoms with Gasteiger partial charge in [0.25, 0.3) is 0 Å². The molecule has 3 aromatic rings. The van der Waals surface area contributed by atoms with Gasteiger partial charge in [-0.15, -0.1) is 0 Å². The molecule has 0 bridgehead atoms. The first-order valence-electron chi connectivity index (χ1n) is 18.1. The quantitative estimate of drug-likeness (QED) is 0.0806. The topological polar surface area (TPSA) is 59.9 Å². The van der Waals surface area contributed by atoms with E-state index < -0.39 is 0 Å². The number of thiol groups is 1. The van der Waals surface area contributed by atoms with Crippen molar-refractivity contribution in [3.05, 3.63) is 82.9 Å². The zero-order chi connectivity index (χ0) is 35.9. The predicted molar refractivity (Wildman–Crippen MR) is 210 cm³/mol. The minimum atomic E-state index is 0.111. The van der Waals surface area contributed by atoms with Crippen LogP contribution >= 0.6 is 12.6 Å². The number of rotatable bonds is 14. The number of nitrogens with zero attached hydrogens (tertiary/aromatic N) is 2. The van der Waals surface area contributed by atoms with E-state index in [1.54, 1.807) is 6.92 Å². The average molecular weight is 665 g/mol. The summed E-state index contributed by atoms with van der Waals surface area (Å²) < 4.78 is 0. The summed E-state index contributed by atoms with van der Waals surface area (Å²) in [5, 5.41) is 0. The Kier molecular flexibility index (Phi) is 31.3. The number of aryl methyl sites for hydroxylation is 4. The van der Waals surface area contributed by atoms with Crippen LogP contribution in [0.4, 0.5) is 0 Å². The summed E-state index contributed by atoms with van der Waals surface area (Å²) in [6, 6.07) is 18.5. The third kappa shape index (κ3) is 25.9. The van der Waals surface area contributed by atoms with Crippen LogP contribution in [0.3, 0.4) is 0 Å². The molecule has 1 unspecified atom stereocenters. The highest BCUT2D eigenvalue weighted by Crippen LogP contribution is 2.21. The molecule has 5 heteroatoms. The van der Waals surface area contributed by atoms with Crippen LogP contribution < -0.4 is 0 Å². The zero-order valence-corrected chi connectivity index (χ0v) is 32.6. The maximum Gasteiger partial charge on any atom is 0.159 e. The summed E-state index contributed by atoms with van der Waals surface area (Å²) in [5.74, 6) is 3.00. The Morgan fingerprint density at radius 2 is 1.28 bits per heavy atom. The SMILES string of the molecule is CC=O.CCCCCC(C)CC.CCCCCS.CCCc1cc(C)nc(C)n1.CCCc1ccc(-c2ccc(C(C)=O)cc2)cc1. The monoisotopic (exact) mass is 665 g/mol. The number of Topliss-reactive ketones (excluding diaryl/α,β-unsaturated/α-hetero) is 1. The number of ketones is 1. The Morgan fingerprint density at radius 1 is 0.766 bits per heavy atom. The standard InChI is InChI=1S/C17H18O.C9H14N2.C9H20.C5H12S.C2H4O/c1-3-4-14-5-7-16(8-6-14)17-11-9-15(10-12-17)13(2)18;1-4-5-9-6-7(2)10-8(3)11-9;1-4-6-7-8-9(3)5-2;1-2-3-4-5-6;1-2-3/h5-12H,3-4H2,1-2H3;6H,4-5H2,1-3H3;9H,4-8H2,1-3H3;6H,2-5H2,1H3;2H,1H3. The van der Waals surface area contributed by atoms with Crippen LogP contribution in [0.1, 0.15) is 153 Å². The van der Waals surface area contributed by atoms with E-state index >= 15 is 0 Å². The molecular formula is C42H68N2O2S. The highest BCUT2D eigenvalue weighted by atomic mass is 32.1. The van der Waals surface area contributed by atoms with Crippen LogP contribution in [-0.4, -0.2) is 27.8 Å². The molecule has 47 heavy (non-hydrogen) atoms. The van der Waals surface area contributed by atoms with Gasteiger partial charge in [0.05, 0.1) is 0 Å². The summed E-state index contributed by atoms with van der Waals surface area (Å²) in [6.45, 7) is 20.4. The number of aldehydes is 1. The van der Waals surface area contributed by atoms with Crippen molar-refractivity contribution in [2.75, 3.05) is 5.75 Å². The molecule has 4 nitrogen and oxygen atoms in total. The molecule has 0 aliphatic carbocycles. The fourth-order valence-electron chi connectivity index (χ4n) is 4.54. The number of hydrogen-bond acceptors (Lipinski definition) is 5. The largest absolute Gasteiger partial charge is 0.304 e. The molecule has 0 fully saturated rings. The predicted octanol–water partition coefficient (Wildman–Crippen LogP) is 12.5. The lowest BCUT2D eigenvalue weighted by atomic mass is 10.0. The normalized spacial score (nSPS) is 10.4. The Bertz CT molecular complexity index is 1140. The van der Waals surface area contributed by atoms with Crippen LogP contribution in [0.5, 0.6) is 0 Å². The summed E-state index contributed by atoms with van der Waals surface area (Å²) >= 11 is 4.05. The van der Waals surface area contributed by atoms with Gasteiger partial charge in [-0.3, -0.25) is 4.79 Å². The van der Waals surface area contributed by atoms with Gasteiger partial charge >= 0.3 is 0 Å². The molecular weight excluding hydrogens is 597 g/mol. The molecule has 1 atom stereocenters. The second-order valence-corrected chi connectivity index (χ2v) is 12.5. The van der Waals surface area contributed by atoms with Gasteiger partial charge in [-0.05, 0) is 81.4 Å². The van der Waals surface area contributed by atoms with E-state index in [4.69, 9.17) is 4.79 Å². The number of hydrogen-bond donors (Lipinski definition) is 1. The highest BCUT2D eigenvalue weighted by molar-refractivity contribution is 7.80. The summed E-state index contributed by atoms with van der Waals surface area (Å²) in [5.41, 5.74) is 6.73. The molecule has 0 spiro atoms. The van der Waals surface area contributed by atoms with Crippen molar-refractivity contribution in [2.24, 2.45) is 5.92 Å². The van der Waals surface area contributed by atoms with E-state index in [1.165, 1.54) is 75.8 Å². The van der Waals surface area contributed by atoms with Crippen molar-refractivity contribution in [1.29, 1.82) is 0 Å². The summed E-state index contributed by atoms with van der Waals surface area (Å²) in [4.78, 5) is 28.5. The van der Waals surface area contributed by atoms with Crippen LogP contribution in [0.25, 0.3) is 11.1 Å². The van der Waals surface area contributed by atoms with Gasteiger partial charge in [0.2, 0.25) is 0 Å². The molecule has 0 radical (unpaired) electrons. The van der Waals surface area contributed by atoms with Crippen LogP contribution in [0, 0.1) is 19.8 Å². The van der Waals surface area contributed by atoms with Crippen LogP contribution in [0.2, 0.25) is 0 Å². The van der Waals surface area contributed by atoms with E-state index in [-0.39, 0.29) is 5.78 Å². The first-order chi connectivity index (χ1) is 22.6. The van der Waals surface area contributed by atoms with E-state index in [2.05, 4.69) is 94.5 Å². The molecule has 264 valence electrons. The Hall–Kier alpha value is -2.79. The van der Waals surface area contributed by atoms with Gasteiger partial charge in [-0.25, -0.2) is 9.97 Å². The average Bonchev–Trinajstić information content (AvgIpc) is 3.05. The zero-order valence-electron chi connectivity index (χ0n) is 31.7. The van der Waals surface area contributed by atoms with E-state index in [0.29, 0.717) is 0 Å². The first kappa shape index (κ1) is 46.3. The van der Waals surface area contributed by atoms with Gasteiger partial charge in [0.1, 0.15) is 12.1 Å². The number of aromatic nitrogens is 2. The van der Waals surface area contributed by atoms with Crippen molar-refractivity contribution < 1.29 is 9.59 Å². The Morgan fingerprint density at radius 3 is 1.68 bits per heavy atom. The van der Waals surface area contributed by atoms with E-state index in [9.17, 15) is 4.79 Å². The molecule has 0 aliphatic heterocycles. The molecule has 2 aromatic carbocycles. The molecule has 0 saturated carbocycles. The smallest absolute Gasteiger partial charge is 0.159 e. The van der Waals surface area contributed by atoms with Gasteiger partial charge in [0.15, 0.2) is 5.78 Å². The molecule has 1 heterocycles. The maximum absolute atomic E-state index is 11.2. The molecule has 0 amide bonds. The van der Waals surface area contributed by atoms with Crippen molar-refractivity contribution >= 4 is 24.7 Å². The van der Waals surface area contributed by atoms with Crippen LogP contribution in [-0.2, 0) is 17.6 Å². The number of carbonyl (C=O) groups excluding carboxylic acids is 2. The number of benzene rings is 2. The number of unbranched alkanes of at least 4 members (excludes halogenated alkanes) is 4. The Labute approximate surface area is 295 Å². The highest BCUT2D eigenvalue weighted by Gasteiger charge is 2.01. The van der Waals surface area contributed by atoms with Gasteiger partial charge in [-0.1, -0.05) is 148 Å². The van der Waals surface area contributed by atoms with Gasteiger partial charge in [-0.2, -0.15) is 12.6 Å². The van der Waals surface area contributed by atoms with Gasteiger partial charge < -0.3 is 4.79 Å². The molecule has 0 saturated heterocycles. The third-order valence-electron chi connectivity index (χ3n) is 7.40. The lowest BCUT2D eigenvalue weighted by Crippen LogP contribution is -1.96. The fraction of sp³-hybridized carbons (Fsp3) is 0.571. The summed E-state index contributed by atoms with van der Waals surface area (Å²) in [6.07, 6.45) is 16.2. The Balaban J connectivity index is 0. The van der Waals surface area contributed by atoms with E-state index in [0.717, 1.165) is 65.6 Å². The minimum Gasteiger partial charge on any atom is -0.304 e. The third-order valence-corrected chi connectivity index (χ3v) is 7.72. The molecule has 0 N–H and O–H groups in total. The summed E-state index contributed by atoms with van der Waals surface area (Å²) in [7, 11) is 0. The maximum atomic E-state index is 11.2. The van der Waals surface area contributed by atoms with Crippen molar-refractivity contribution in [3.63, 3.8) is 0 Å². The van der Waals surface area contributed by atoms with Crippen LogP contribution in [0.15, 0.2) is 54.6 Å². The van der Waals surface area contributed by atoms with E-state index in [1.807, 2.05) is 38.1 Å². The van der Waals surface area contributed by atoms with Crippen molar-refractivity contribution in [2.45, 2.75) is 146 Å². The second-order valence-electron chi connectivity index (χ2n) is 12.1. The lowest BCUT2D eigenvalue weighted by molar-refractivity contribution is -0.106. The lowest BCUT2D eigenvalue weighted by Gasteiger charge is -2.05. The van der Waals surface area contributed by atoms with Crippen molar-refractivity contribution in [3.8, 4) is 11.1 Å². The molecule has 1 aromatic heterocycles.